The number of nitrogens with zero attached hydrogens (tertiary/aromatic N) is 1. The molecule has 1 aliphatic rings. The Bertz CT molecular complexity index is 966. The van der Waals surface area contributed by atoms with E-state index < -0.39 is 73.9 Å². The summed E-state index contributed by atoms with van der Waals surface area (Å²) in [7, 11) is -17.8. The van der Waals surface area contributed by atoms with Crippen molar-refractivity contribution in [3.63, 3.8) is 0 Å². The van der Waals surface area contributed by atoms with E-state index in [-0.39, 0.29) is 4.90 Å². The average molecular weight is 477 g/mol. The van der Waals surface area contributed by atoms with Crippen molar-refractivity contribution in [3.05, 3.63) is 11.5 Å². The molecular weight excluding hydrogens is 463 g/mol. The fourth-order valence-corrected chi connectivity index (χ4v) is 3.06. The zero-order chi connectivity index (χ0) is 22.1. The van der Waals surface area contributed by atoms with Crippen LogP contribution in [0.25, 0.3) is 0 Å². The Morgan fingerprint density at radius 2 is 1.46 bits per heavy atom. The summed E-state index contributed by atoms with van der Waals surface area (Å²) in [5.41, 5.74) is -1.19. The molecule has 1 heterocycles. The van der Waals surface area contributed by atoms with Gasteiger partial charge < -0.3 is 13.1 Å². The highest BCUT2D eigenvalue weighted by molar-refractivity contribution is 7.82. The first-order valence-electron chi connectivity index (χ1n) is 6.91. The van der Waals surface area contributed by atoms with Crippen LogP contribution < -0.4 is 0 Å². The molecule has 1 amide bonds. The van der Waals surface area contributed by atoms with Crippen molar-refractivity contribution in [2.75, 3.05) is 6.54 Å². The summed E-state index contributed by atoms with van der Waals surface area (Å²) in [5, 5.41) is 0. The third kappa shape index (κ3) is 8.48. The summed E-state index contributed by atoms with van der Waals surface area (Å²) in [6.07, 6.45) is -4.99. The molecule has 0 saturated carbocycles. The van der Waals surface area contributed by atoms with Crippen LogP contribution in [0.1, 0.15) is 27.2 Å². The topological polar surface area (TPSA) is 160 Å². The van der Waals surface area contributed by atoms with Gasteiger partial charge in [0.05, 0.1) is 0 Å². The molecule has 0 aliphatic carbocycles. The SMILES string of the molecule is CC(C)(C)OC(=O)N1CCC(OS(=O)(=O)F)=C(OS(=O)(=O)F)C1OS(=O)(=O)F. The molecule has 0 N–H and O–H groups in total. The number of rotatable bonds is 6. The van der Waals surface area contributed by atoms with Crippen LogP contribution in [-0.2, 0) is 48.8 Å². The van der Waals surface area contributed by atoms with Crippen molar-refractivity contribution in [1.82, 2.24) is 4.90 Å². The molecule has 12 nitrogen and oxygen atoms in total. The summed E-state index contributed by atoms with van der Waals surface area (Å²) in [5.74, 6) is -2.96. The van der Waals surface area contributed by atoms with Crippen molar-refractivity contribution in [1.29, 1.82) is 0 Å². The molecule has 1 rings (SSSR count). The lowest BCUT2D eigenvalue weighted by atomic mass is 10.2. The van der Waals surface area contributed by atoms with Crippen LogP contribution in [0.2, 0.25) is 0 Å². The second kappa shape index (κ2) is 7.91. The molecule has 1 atom stereocenters. The monoisotopic (exact) mass is 477 g/mol. The van der Waals surface area contributed by atoms with Gasteiger partial charge in [0.15, 0.2) is 5.76 Å². The summed E-state index contributed by atoms with van der Waals surface area (Å²) in [6.45, 7) is 3.37. The van der Waals surface area contributed by atoms with Crippen molar-refractivity contribution < 1.29 is 59.0 Å². The Morgan fingerprint density at radius 3 is 1.86 bits per heavy atom. The maximum Gasteiger partial charge on any atom is 0.488 e. The molecule has 28 heavy (non-hydrogen) atoms. The number of amides is 1. The number of hydrogen-bond donors (Lipinski definition) is 0. The Hall–Kier alpha value is -1.79. The normalized spacial score (nSPS) is 19.4. The quantitative estimate of drug-likeness (QED) is 0.499. The Kier molecular flexibility index (Phi) is 6.85. The number of halogens is 3. The second-order valence-electron chi connectivity index (χ2n) is 6.01. The molecule has 1 unspecified atom stereocenters. The average Bonchev–Trinajstić information content (AvgIpc) is 2.35. The number of carbonyl (C=O) groups excluding carboxylic acids is 1. The van der Waals surface area contributed by atoms with E-state index >= 15 is 0 Å². The summed E-state index contributed by atoms with van der Waals surface area (Å²) in [6, 6.07) is 0. The number of carbonyl (C=O) groups is 1. The molecule has 1 aliphatic heterocycles. The molecular formula is C10H14F3NO11S3. The minimum absolute atomic E-state index is 0.223. The van der Waals surface area contributed by atoms with E-state index in [0.29, 0.717) is 0 Å². The van der Waals surface area contributed by atoms with E-state index in [4.69, 9.17) is 4.74 Å². The number of ether oxygens (including phenoxy) is 1. The first-order chi connectivity index (χ1) is 12.3. The van der Waals surface area contributed by atoms with Crippen molar-refractivity contribution in [2.45, 2.75) is 39.0 Å². The van der Waals surface area contributed by atoms with Gasteiger partial charge in [-0.3, -0.25) is 4.90 Å². The largest absolute Gasteiger partial charge is 0.488 e. The smallest absolute Gasteiger partial charge is 0.444 e. The molecule has 0 radical (unpaired) electrons. The maximum absolute atomic E-state index is 13.0. The lowest BCUT2D eigenvalue weighted by molar-refractivity contribution is -0.0264. The van der Waals surface area contributed by atoms with Crippen LogP contribution >= 0.6 is 0 Å². The standard InChI is InChI=1S/C10H14F3NO11S3/c1-10(2,3)22-9(15)14-5-4-6(23-26(11,16)17)7(24-27(12,18)19)8(14)25-28(13,20)21/h8H,4-5H2,1-3H3. The van der Waals surface area contributed by atoms with Gasteiger partial charge in [0.1, 0.15) is 5.60 Å². The van der Waals surface area contributed by atoms with E-state index in [9.17, 15) is 41.7 Å². The maximum atomic E-state index is 13.0. The summed E-state index contributed by atoms with van der Waals surface area (Å²) < 4.78 is 120. The van der Waals surface area contributed by atoms with Crippen LogP contribution in [0.5, 0.6) is 0 Å². The first-order valence-corrected chi connectivity index (χ1v) is 10.8. The van der Waals surface area contributed by atoms with E-state index in [2.05, 4.69) is 12.5 Å². The molecule has 0 fully saturated rings. The first kappa shape index (κ1) is 24.2. The third-order valence-electron chi connectivity index (χ3n) is 2.59. The van der Waals surface area contributed by atoms with Gasteiger partial charge in [-0.15, -0.1) is 0 Å². The predicted octanol–water partition coefficient (Wildman–Crippen LogP) is 0.858. The zero-order valence-electron chi connectivity index (χ0n) is 14.3. The molecule has 0 aromatic rings. The van der Waals surface area contributed by atoms with Gasteiger partial charge in [-0.1, -0.05) is 11.7 Å². The minimum Gasteiger partial charge on any atom is -0.444 e. The zero-order valence-corrected chi connectivity index (χ0v) is 16.7. The van der Waals surface area contributed by atoms with Gasteiger partial charge in [0.2, 0.25) is 12.0 Å². The van der Waals surface area contributed by atoms with Gasteiger partial charge in [-0.25, -0.2) is 8.98 Å². The molecule has 164 valence electrons. The lowest BCUT2D eigenvalue weighted by Gasteiger charge is -2.35. The lowest BCUT2D eigenvalue weighted by Crippen LogP contribution is -2.50. The van der Waals surface area contributed by atoms with Crippen LogP contribution in [0.3, 0.4) is 0 Å². The highest BCUT2D eigenvalue weighted by atomic mass is 32.3. The molecule has 0 bridgehead atoms. The van der Waals surface area contributed by atoms with E-state index in [1.54, 1.807) is 0 Å². The van der Waals surface area contributed by atoms with Gasteiger partial charge in [0, 0.05) is 13.0 Å². The van der Waals surface area contributed by atoms with Crippen molar-refractivity contribution in [3.8, 4) is 0 Å². The summed E-state index contributed by atoms with van der Waals surface area (Å²) in [4.78, 5) is 12.4. The minimum atomic E-state index is -6.02. The van der Waals surface area contributed by atoms with E-state index in [0.717, 1.165) is 0 Å². The van der Waals surface area contributed by atoms with Gasteiger partial charge in [-0.05, 0) is 20.8 Å². The fraction of sp³-hybridized carbons (Fsp3) is 0.700. The predicted molar refractivity (Wildman–Crippen MR) is 81.7 cm³/mol. The van der Waals surface area contributed by atoms with Crippen LogP contribution in [0.15, 0.2) is 11.5 Å². The summed E-state index contributed by atoms with van der Waals surface area (Å²) >= 11 is 0. The Morgan fingerprint density at radius 1 is 0.964 bits per heavy atom. The van der Waals surface area contributed by atoms with Gasteiger partial charge >= 0.3 is 37.6 Å². The molecule has 18 heteroatoms. The molecule has 0 aromatic heterocycles. The van der Waals surface area contributed by atoms with Gasteiger partial charge in [-0.2, -0.15) is 25.3 Å². The highest BCUT2D eigenvalue weighted by Gasteiger charge is 2.44. The molecule has 0 spiro atoms. The van der Waals surface area contributed by atoms with Crippen LogP contribution in [0.4, 0.5) is 16.5 Å². The number of hydrogen-bond acceptors (Lipinski definition) is 11. The molecule has 0 saturated heterocycles. The van der Waals surface area contributed by atoms with Crippen LogP contribution in [-0.4, -0.2) is 54.6 Å². The van der Waals surface area contributed by atoms with E-state index in [1.807, 2.05) is 0 Å². The van der Waals surface area contributed by atoms with Crippen LogP contribution in [0, 0.1) is 0 Å². The van der Waals surface area contributed by atoms with E-state index in [1.165, 1.54) is 20.8 Å². The Labute approximate surface area is 159 Å². The fourth-order valence-electron chi connectivity index (χ4n) is 1.85. The van der Waals surface area contributed by atoms with Crippen molar-refractivity contribution >= 4 is 37.6 Å². The molecule has 0 aromatic carbocycles. The highest BCUT2D eigenvalue weighted by Crippen LogP contribution is 2.32. The second-order valence-corrected chi connectivity index (χ2v) is 8.89. The van der Waals surface area contributed by atoms with Crippen molar-refractivity contribution in [2.24, 2.45) is 0 Å². The van der Waals surface area contributed by atoms with Gasteiger partial charge in [0.25, 0.3) is 0 Å². The Balaban J connectivity index is 3.54. The third-order valence-corrected chi connectivity index (χ3v) is 3.78.